The highest BCUT2D eigenvalue weighted by Gasteiger charge is 2.19. The molecule has 0 aliphatic heterocycles. The number of hydrogen-bond acceptors (Lipinski definition) is 4. The van der Waals surface area contributed by atoms with Gasteiger partial charge in [-0.25, -0.2) is 9.59 Å². The number of carboxylic acids is 2. The number of carbonyl (C=O) groups excluding carboxylic acids is 1. The topological polar surface area (TPSA) is 117 Å². The zero-order valence-electron chi connectivity index (χ0n) is 10.7. The van der Waals surface area contributed by atoms with Crippen molar-refractivity contribution in [1.29, 1.82) is 0 Å². The highest BCUT2D eigenvalue weighted by atomic mass is 16.4. The fourth-order valence-electron chi connectivity index (χ4n) is 1.73. The van der Waals surface area contributed by atoms with Crippen LogP contribution in [-0.4, -0.2) is 28.1 Å². The second-order valence-corrected chi connectivity index (χ2v) is 4.13. The lowest BCUT2D eigenvalue weighted by Crippen LogP contribution is -2.25. The Bertz CT molecular complexity index is 689. The van der Waals surface area contributed by atoms with Gasteiger partial charge in [-0.05, 0) is 30.3 Å². The molecule has 0 atom stereocenters. The molecule has 0 radical (unpaired) electrons. The van der Waals surface area contributed by atoms with Crippen LogP contribution in [0.3, 0.4) is 0 Å². The fraction of sp³-hybridized carbons (Fsp3) is 0.0714. The SMILES string of the molecule is O=C(O)c1ccc(C(=O)O)c(C(=O)NCc2ccco2)c1. The van der Waals surface area contributed by atoms with E-state index < -0.39 is 17.8 Å². The molecular weight excluding hydrogens is 278 g/mol. The van der Waals surface area contributed by atoms with Gasteiger partial charge in [-0.3, -0.25) is 4.79 Å². The second-order valence-electron chi connectivity index (χ2n) is 4.13. The van der Waals surface area contributed by atoms with Gasteiger partial charge in [-0.1, -0.05) is 0 Å². The number of rotatable bonds is 5. The highest BCUT2D eigenvalue weighted by Crippen LogP contribution is 2.13. The molecule has 21 heavy (non-hydrogen) atoms. The summed E-state index contributed by atoms with van der Waals surface area (Å²) in [5, 5.41) is 20.4. The normalized spacial score (nSPS) is 10.1. The van der Waals surface area contributed by atoms with Gasteiger partial charge in [0.15, 0.2) is 0 Å². The minimum Gasteiger partial charge on any atom is -0.478 e. The molecule has 0 bridgehead atoms. The number of hydrogen-bond donors (Lipinski definition) is 3. The van der Waals surface area contributed by atoms with Gasteiger partial charge in [0.1, 0.15) is 5.76 Å². The number of aromatic carboxylic acids is 2. The van der Waals surface area contributed by atoms with E-state index in [0.717, 1.165) is 18.2 Å². The van der Waals surface area contributed by atoms with E-state index in [1.165, 1.54) is 6.26 Å². The van der Waals surface area contributed by atoms with E-state index in [-0.39, 0.29) is 23.2 Å². The third-order valence-electron chi connectivity index (χ3n) is 2.74. The Labute approximate surface area is 118 Å². The summed E-state index contributed by atoms with van der Waals surface area (Å²) in [6.07, 6.45) is 1.44. The lowest BCUT2D eigenvalue weighted by atomic mass is 10.0. The molecule has 0 saturated heterocycles. The third-order valence-corrected chi connectivity index (χ3v) is 2.74. The van der Waals surface area contributed by atoms with Crippen LogP contribution in [0.5, 0.6) is 0 Å². The molecule has 1 aromatic carbocycles. The van der Waals surface area contributed by atoms with Crippen molar-refractivity contribution in [2.75, 3.05) is 0 Å². The number of nitrogens with one attached hydrogen (secondary N) is 1. The third kappa shape index (κ3) is 3.27. The minimum atomic E-state index is -1.31. The van der Waals surface area contributed by atoms with Crippen LogP contribution < -0.4 is 5.32 Å². The van der Waals surface area contributed by atoms with E-state index in [2.05, 4.69) is 5.32 Å². The molecule has 7 nitrogen and oxygen atoms in total. The van der Waals surface area contributed by atoms with Gasteiger partial charge in [0.2, 0.25) is 0 Å². The summed E-state index contributed by atoms with van der Waals surface area (Å²) in [7, 11) is 0. The Morgan fingerprint density at radius 2 is 1.81 bits per heavy atom. The lowest BCUT2D eigenvalue weighted by Gasteiger charge is -2.08. The lowest BCUT2D eigenvalue weighted by molar-refractivity contribution is 0.0678. The highest BCUT2D eigenvalue weighted by molar-refractivity contribution is 6.06. The van der Waals surface area contributed by atoms with Gasteiger partial charge in [0, 0.05) is 0 Å². The maximum atomic E-state index is 12.0. The molecule has 2 rings (SSSR count). The van der Waals surface area contributed by atoms with Gasteiger partial charge in [0.05, 0.1) is 29.5 Å². The first kappa shape index (κ1) is 14.3. The Balaban J connectivity index is 2.26. The first-order valence-electron chi connectivity index (χ1n) is 5.90. The molecule has 1 heterocycles. The summed E-state index contributed by atoms with van der Waals surface area (Å²) in [4.78, 5) is 34.0. The molecule has 0 unspecified atom stereocenters. The average molecular weight is 289 g/mol. The maximum absolute atomic E-state index is 12.0. The molecule has 2 aromatic rings. The molecule has 0 saturated carbocycles. The maximum Gasteiger partial charge on any atom is 0.336 e. The van der Waals surface area contributed by atoms with Crippen LogP contribution in [0.2, 0.25) is 0 Å². The molecule has 3 N–H and O–H groups in total. The first-order chi connectivity index (χ1) is 9.99. The van der Waals surface area contributed by atoms with Crippen molar-refractivity contribution in [3.63, 3.8) is 0 Å². The van der Waals surface area contributed by atoms with Crippen molar-refractivity contribution in [3.05, 3.63) is 59.0 Å². The molecule has 0 spiro atoms. The van der Waals surface area contributed by atoms with Gasteiger partial charge in [0.25, 0.3) is 5.91 Å². The molecule has 1 aromatic heterocycles. The Hall–Kier alpha value is -3.09. The molecule has 0 aliphatic rings. The van der Waals surface area contributed by atoms with E-state index >= 15 is 0 Å². The van der Waals surface area contributed by atoms with Crippen LogP contribution in [0, 0.1) is 0 Å². The summed E-state index contributed by atoms with van der Waals surface area (Å²) in [6, 6.07) is 6.55. The van der Waals surface area contributed by atoms with Crippen LogP contribution in [0.4, 0.5) is 0 Å². The second kappa shape index (κ2) is 5.91. The fourth-order valence-corrected chi connectivity index (χ4v) is 1.73. The van der Waals surface area contributed by atoms with Crippen molar-refractivity contribution in [1.82, 2.24) is 5.32 Å². The van der Waals surface area contributed by atoms with Crippen molar-refractivity contribution >= 4 is 17.8 Å². The molecule has 108 valence electrons. The van der Waals surface area contributed by atoms with Crippen molar-refractivity contribution < 1.29 is 29.0 Å². The Morgan fingerprint density at radius 1 is 1.05 bits per heavy atom. The molecular formula is C14H11NO6. The minimum absolute atomic E-state index is 0.0716. The number of benzene rings is 1. The molecule has 0 aliphatic carbocycles. The van der Waals surface area contributed by atoms with Gasteiger partial charge < -0.3 is 19.9 Å². The molecule has 7 heteroatoms. The number of carbonyl (C=O) groups is 3. The summed E-state index contributed by atoms with van der Waals surface area (Å²) < 4.78 is 5.03. The summed E-state index contributed by atoms with van der Waals surface area (Å²) in [5.74, 6) is -2.75. The van der Waals surface area contributed by atoms with Crippen LogP contribution in [0.1, 0.15) is 36.8 Å². The summed E-state index contributed by atoms with van der Waals surface area (Å²) in [6.45, 7) is 0.0716. The average Bonchev–Trinajstić information content (AvgIpc) is 2.97. The monoisotopic (exact) mass is 289 g/mol. The van der Waals surface area contributed by atoms with Gasteiger partial charge in [-0.2, -0.15) is 0 Å². The van der Waals surface area contributed by atoms with E-state index in [1.54, 1.807) is 12.1 Å². The van der Waals surface area contributed by atoms with E-state index in [1.807, 2.05) is 0 Å². The Kier molecular flexibility index (Phi) is 4.03. The molecule has 0 fully saturated rings. The van der Waals surface area contributed by atoms with E-state index in [9.17, 15) is 14.4 Å². The smallest absolute Gasteiger partial charge is 0.336 e. The number of carboxylic acid groups (broad SMARTS) is 2. The number of amides is 1. The van der Waals surface area contributed by atoms with E-state index in [4.69, 9.17) is 14.6 Å². The van der Waals surface area contributed by atoms with Crippen molar-refractivity contribution in [2.45, 2.75) is 6.54 Å². The Morgan fingerprint density at radius 3 is 2.38 bits per heavy atom. The standard InChI is InChI=1S/C14H11NO6/c16-12(15-7-9-2-1-5-21-9)11-6-8(13(17)18)3-4-10(11)14(19)20/h1-6H,7H2,(H,15,16)(H,17,18)(H,19,20). The van der Waals surface area contributed by atoms with Crippen LogP contribution in [0.15, 0.2) is 41.0 Å². The van der Waals surface area contributed by atoms with Gasteiger partial charge in [-0.15, -0.1) is 0 Å². The van der Waals surface area contributed by atoms with Crippen molar-refractivity contribution in [3.8, 4) is 0 Å². The largest absolute Gasteiger partial charge is 0.478 e. The first-order valence-corrected chi connectivity index (χ1v) is 5.90. The summed E-state index contributed by atoms with van der Waals surface area (Å²) in [5.41, 5.74) is -0.644. The zero-order valence-corrected chi connectivity index (χ0v) is 10.7. The summed E-state index contributed by atoms with van der Waals surface area (Å²) >= 11 is 0. The van der Waals surface area contributed by atoms with E-state index in [0.29, 0.717) is 5.76 Å². The van der Waals surface area contributed by atoms with Crippen LogP contribution >= 0.6 is 0 Å². The van der Waals surface area contributed by atoms with Crippen LogP contribution in [0.25, 0.3) is 0 Å². The zero-order chi connectivity index (χ0) is 15.4. The predicted octanol–water partition coefficient (Wildman–Crippen LogP) is 1.61. The van der Waals surface area contributed by atoms with Gasteiger partial charge >= 0.3 is 11.9 Å². The van der Waals surface area contributed by atoms with Crippen LogP contribution in [-0.2, 0) is 6.54 Å². The quantitative estimate of drug-likeness (QED) is 0.769. The number of furan rings is 1. The predicted molar refractivity (Wildman–Crippen MR) is 70.2 cm³/mol. The molecule has 1 amide bonds. The van der Waals surface area contributed by atoms with Crippen molar-refractivity contribution in [2.24, 2.45) is 0 Å².